The first-order valence-corrected chi connectivity index (χ1v) is 9.93. The van der Waals surface area contributed by atoms with E-state index in [2.05, 4.69) is 59.5 Å². The Morgan fingerprint density at radius 2 is 1.75 bits per heavy atom. The number of aromatic nitrogens is 2. The predicted octanol–water partition coefficient (Wildman–Crippen LogP) is 4.79. The predicted molar refractivity (Wildman–Crippen MR) is 113 cm³/mol. The lowest BCUT2D eigenvalue weighted by atomic mass is 10.00. The van der Waals surface area contributed by atoms with Crippen LogP contribution in [0.15, 0.2) is 48.7 Å². The standard InChI is InChI=1S/C21H21N3O.C2HF3O2/c1-13(2)14-3-5-15(6-4-14)19-11-16(7-9-22-19)20-12-17-18(24-20)8-10-23-21(17)25;3-2(4,5)1(6)7/h3-7,9,11-13,24H,8,10H2,1-2H3,(H,23,25);(H,6,7). The molecule has 32 heavy (non-hydrogen) atoms. The van der Waals surface area contributed by atoms with Gasteiger partial charge in [0.05, 0.1) is 11.3 Å². The number of carboxylic acids is 1. The summed E-state index contributed by atoms with van der Waals surface area (Å²) in [6.07, 6.45) is -2.42. The van der Waals surface area contributed by atoms with Gasteiger partial charge in [0.15, 0.2) is 0 Å². The number of carbonyl (C=O) groups is 2. The lowest BCUT2D eigenvalue weighted by molar-refractivity contribution is -0.192. The molecule has 0 radical (unpaired) electrons. The summed E-state index contributed by atoms with van der Waals surface area (Å²) in [6, 6.07) is 14.5. The molecule has 3 N–H and O–H groups in total. The smallest absolute Gasteiger partial charge is 0.475 e. The maximum atomic E-state index is 12.0. The topological polar surface area (TPSA) is 95.1 Å². The fraction of sp³-hybridized carbons (Fsp3) is 0.261. The van der Waals surface area contributed by atoms with Gasteiger partial charge in [0.1, 0.15) is 0 Å². The molecular weight excluding hydrogens is 423 g/mol. The molecular formula is C23H22F3N3O3. The van der Waals surface area contributed by atoms with Crippen molar-refractivity contribution in [3.05, 3.63) is 65.5 Å². The van der Waals surface area contributed by atoms with E-state index in [0.717, 1.165) is 40.2 Å². The van der Waals surface area contributed by atoms with Crippen molar-refractivity contribution in [1.82, 2.24) is 15.3 Å². The molecule has 0 saturated carbocycles. The number of hydrogen-bond donors (Lipinski definition) is 3. The van der Waals surface area contributed by atoms with Gasteiger partial charge in [0, 0.05) is 41.7 Å². The zero-order valence-electron chi connectivity index (χ0n) is 17.5. The zero-order chi connectivity index (χ0) is 23.5. The third-order valence-electron chi connectivity index (χ3n) is 4.99. The van der Waals surface area contributed by atoms with Crippen LogP contribution in [0.3, 0.4) is 0 Å². The number of halogens is 3. The van der Waals surface area contributed by atoms with Crippen LogP contribution in [0.5, 0.6) is 0 Å². The molecule has 0 fully saturated rings. The number of aromatic amines is 1. The van der Waals surface area contributed by atoms with Crippen molar-refractivity contribution in [2.75, 3.05) is 6.54 Å². The number of carbonyl (C=O) groups excluding carboxylic acids is 1. The molecule has 6 nitrogen and oxygen atoms in total. The Bertz CT molecular complexity index is 1120. The molecule has 9 heteroatoms. The van der Waals surface area contributed by atoms with E-state index in [1.807, 2.05) is 18.3 Å². The molecule has 0 aliphatic carbocycles. The monoisotopic (exact) mass is 445 g/mol. The summed E-state index contributed by atoms with van der Waals surface area (Å²) in [6.45, 7) is 5.07. The van der Waals surface area contributed by atoms with Gasteiger partial charge in [-0.15, -0.1) is 0 Å². The quantitative estimate of drug-likeness (QED) is 0.540. The molecule has 1 aliphatic rings. The van der Waals surface area contributed by atoms with Gasteiger partial charge in [-0.25, -0.2) is 4.79 Å². The van der Waals surface area contributed by atoms with Gasteiger partial charge in [-0.1, -0.05) is 38.1 Å². The Labute approximate surface area is 182 Å². The molecule has 0 bridgehead atoms. The van der Waals surface area contributed by atoms with Crippen LogP contribution in [0, 0.1) is 0 Å². The van der Waals surface area contributed by atoms with E-state index in [1.165, 1.54) is 5.56 Å². The third kappa shape index (κ3) is 5.35. The zero-order valence-corrected chi connectivity index (χ0v) is 17.5. The van der Waals surface area contributed by atoms with E-state index >= 15 is 0 Å². The molecule has 1 aliphatic heterocycles. The highest BCUT2D eigenvalue weighted by atomic mass is 19.4. The van der Waals surface area contributed by atoms with Gasteiger partial charge >= 0.3 is 12.1 Å². The number of amides is 1. The average Bonchev–Trinajstić information content (AvgIpc) is 3.20. The van der Waals surface area contributed by atoms with Crippen LogP contribution in [0.2, 0.25) is 0 Å². The highest BCUT2D eigenvalue weighted by Crippen LogP contribution is 2.28. The number of nitrogens with zero attached hydrogens (tertiary/aromatic N) is 1. The van der Waals surface area contributed by atoms with Gasteiger partial charge in [-0.2, -0.15) is 13.2 Å². The Morgan fingerprint density at radius 3 is 2.31 bits per heavy atom. The summed E-state index contributed by atoms with van der Waals surface area (Å²) in [7, 11) is 0. The number of H-pyrrole nitrogens is 1. The minimum absolute atomic E-state index is 0.00213. The van der Waals surface area contributed by atoms with Crippen molar-refractivity contribution in [3.8, 4) is 22.5 Å². The number of pyridine rings is 1. The molecule has 168 valence electrons. The number of aliphatic carboxylic acids is 1. The van der Waals surface area contributed by atoms with Crippen LogP contribution in [-0.4, -0.2) is 39.7 Å². The Hall–Kier alpha value is -3.62. The number of alkyl halides is 3. The van der Waals surface area contributed by atoms with Crippen LogP contribution < -0.4 is 5.32 Å². The fourth-order valence-electron chi connectivity index (χ4n) is 3.24. The van der Waals surface area contributed by atoms with E-state index in [0.29, 0.717) is 12.5 Å². The largest absolute Gasteiger partial charge is 0.490 e. The van der Waals surface area contributed by atoms with Crippen molar-refractivity contribution >= 4 is 11.9 Å². The van der Waals surface area contributed by atoms with Crippen molar-refractivity contribution in [3.63, 3.8) is 0 Å². The Balaban J connectivity index is 0.000000360. The van der Waals surface area contributed by atoms with Gasteiger partial charge in [-0.3, -0.25) is 9.78 Å². The first-order valence-electron chi connectivity index (χ1n) is 9.93. The van der Waals surface area contributed by atoms with Gasteiger partial charge in [0.25, 0.3) is 5.91 Å². The molecule has 1 amide bonds. The average molecular weight is 445 g/mol. The highest BCUT2D eigenvalue weighted by Gasteiger charge is 2.38. The number of carboxylic acid groups (broad SMARTS) is 1. The van der Waals surface area contributed by atoms with E-state index in [-0.39, 0.29) is 5.91 Å². The molecule has 0 saturated heterocycles. The van der Waals surface area contributed by atoms with Crippen LogP contribution in [0.1, 0.15) is 41.4 Å². The van der Waals surface area contributed by atoms with Crippen molar-refractivity contribution in [1.29, 1.82) is 0 Å². The van der Waals surface area contributed by atoms with Crippen LogP contribution in [0.25, 0.3) is 22.5 Å². The molecule has 4 rings (SSSR count). The van der Waals surface area contributed by atoms with Crippen molar-refractivity contribution in [2.45, 2.75) is 32.4 Å². The minimum atomic E-state index is -5.08. The SMILES string of the molecule is CC(C)c1ccc(-c2cc(-c3cc4c([nH]3)CCNC4=O)ccn2)cc1.O=C(O)C(F)(F)F. The van der Waals surface area contributed by atoms with E-state index in [4.69, 9.17) is 9.90 Å². The Morgan fingerprint density at radius 1 is 1.09 bits per heavy atom. The van der Waals surface area contributed by atoms with Crippen LogP contribution >= 0.6 is 0 Å². The molecule has 0 atom stereocenters. The van der Waals surface area contributed by atoms with Crippen LogP contribution in [0.4, 0.5) is 13.2 Å². The Kier molecular flexibility index (Phi) is 6.67. The summed E-state index contributed by atoms with van der Waals surface area (Å²) in [5, 5.41) is 10.0. The number of hydrogen-bond acceptors (Lipinski definition) is 3. The molecule has 0 unspecified atom stereocenters. The normalized spacial score (nSPS) is 13.1. The fourth-order valence-corrected chi connectivity index (χ4v) is 3.24. The molecule has 1 aromatic carbocycles. The highest BCUT2D eigenvalue weighted by molar-refractivity contribution is 5.97. The van der Waals surface area contributed by atoms with Crippen LogP contribution in [-0.2, 0) is 11.2 Å². The minimum Gasteiger partial charge on any atom is -0.475 e. The third-order valence-corrected chi connectivity index (χ3v) is 4.99. The summed E-state index contributed by atoms with van der Waals surface area (Å²) in [5.41, 5.74) is 7.12. The molecule has 0 spiro atoms. The maximum absolute atomic E-state index is 12.0. The number of benzene rings is 1. The first-order chi connectivity index (χ1) is 15.1. The maximum Gasteiger partial charge on any atom is 0.490 e. The molecule has 2 aromatic heterocycles. The second kappa shape index (κ2) is 9.25. The molecule has 3 aromatic rings. The van der Waals surface area contributed by atoms with E-state index < -0.39 is 12.1 Å². The lowest BCUT2D eigenvalue weighted by Gasteiger charge is -2.11. The molecule has 3 heterocycles. The first kappa shape index (κ1) is 23.1. The second-order valence-electron chi connectivity index (χ2n) is 7.59. The summed E-state index contributed by atoms with van der Waals surface area (Å²) in [4.78, 5) is 28.8. The lowest BCUT2D eigenvalue weighted by Crippen LogP contribution is -2.31. The van der Waals surface area contributed by atoms with Crippen molar-refractivity contribution in [2.24, 2.45) is 0 Å². The number of fused-ring (bicyclic) bond motifs is 1. The number of rotatable bonds is 3. The van der Waals surface area contributed by atoms with Gasteiger partial charge in [0.2, 0.25) is 0 Å². The van der Waals surface area contributed by atoms with Gasteiger partial charge < -0.3 is 15.4 Å². The summed E-state index contributed by atoms with van der Waals surface area (Å²) in [5.74, 6) is -2.24. The summed E-state index contributed by atoms with van der Waals surface area (Å²) >= 11 is 0. The summed E-state index contributed by atoms with van der Waals surface area (Å²) < 4.78 is 31.7. The van der Waals surface area contributed by atoms with E-state index in [1.54, 1.807) is 0 Å². The number of nitrogens with one attached hydrogen (secondary N) is 2. The van der Waals surface area contributed by atoms with E-state index in [9.17, 15) is 18.0 Å². The second-order valence-corrected chi connectivity index (χ2v) is 7.59. The van der Waals surface area contributed by atoms with Crippen molar-refractivity contribution < 1.29 is 27.9 Å². The van der Waals surface area contributed by atoms with Gasteiger partial charge in [-0.05, 0) is 29.7 Å².